The fourth-order valence-corrected chi connectivity index (χ4v) is 2.55. The molecule has 1 heterocycles. The molecule has 5 heteroatoms. The van der Waals surface area contributed by atoms with Gasteiger partial charge in [0.25, 0.3) is 0 Å². The van der Waals surface area contributed by atoms with Crippen LogP contribution in [0.4, 0.5) is 0 Å². The van der Waals surface area contributed by atoms with Crippen LogP contribution in [0.3, 0.4) is 0 Å². The molecule has 124 valence electrons. The summed E-state index contributed by atoms with van der Waals surface area (Å²) < 4.78 is 5.17. The van der Waals surface area contributed by atoms with Crippen molar-refractivity contribution in [3.63, 3.8) is 0 Å². The number of benzene rings is 1. The third kappa shape index (κ3) is 5.68. The van der Waals surface area contributed by atoms with Crippen molar-refractivity contribution in [1.29, 1.82) is 0 Å². The second kappa shape index (κ2) is 9.31. The van der Waals surface area contributed by atoms with Gasteiger partial charge >= 0.3 is 0 Å². The van der Waals surface area contributed by atoms with E-state index in [0.29, 0.717) is 6.54 Å². The summed E-state index contributed by atoms with van der Waals surface area (Å²) in [5, 5.41) is 14.2. The molecule has 1 aromatic carbocycles. The first kappa shape index (κ1) is 17.5. The van der Waals surface area contributed by atoms with Crippen LogP contribution in [0.15, 0.2) is 35.5 Å². The van der Waals surface area contributed by atoms with E-state index in [1.54, 1.807) is 0 Å². The lowest BCUT2D eigenvalue weighted by Gasteiger charge is -2.25. The van der Waals surface area contributed by atoms with Crippen LogP contribution in [0.5, 0.6) is 0 Å². The molecule has 2 rings (SSSR count). The number of rotatable bonds is 9. The monoisotopic (exact) mass is 316 g/mol. The van der Waals surface area contributed by atoms with Gasteiger partial charge in [0.05, 0.1) is 18.4 Å². The van der Waals surface area contributed by atoms with Crippen LogP contribution in [0.2, 0.25) is 0 Å². The summed E-state index contributed by atoms with van der Waals surface area (Å²) in [5.74, 6) is 2.39. The fraction of sp³-hybridized carbons (Fsp3) is 0.500. The normalized spacial score (nSPS) is 18.3. The van der Waals surface area contributed by atoms with Crippen LogP contribution in [0.25, 0.3) is 0 Å². The SMILES string of the molecule is C#CCOCC(O)CN(CC)CC1CC(c2ccccc2)=NO1. The van der Waals surface area contributed by atoms with Crippen LogP contribution < -0.4 is 0 Å². The minimum Gasteiger partial charge on any atom is -0.390 e. The lowest BCUT2D eigenvalue weighted by molar-refractivity contribution is 0.00807. The number of hydrogen-bond donors (Lipinski definition) is 1. The Kier molecular flexibility index (Phi) is 7.08. The maximum absolute atomic E-state index is 9.98. The predicted molar refractivity (Wildman–Crippen MR) is 90.2 cm³/mol. The minimum absolute atomic E-state index is 0.0176. The predicted octanol–water partition coefficient (Wildman–Crippen LogP) is 1.51. The Morgan fingerprint density at radius 1 is 1.48 bits per heavy atom. The number of nitrogens with zero attached hydrogens (tertiary/aromatic N) is 2. The zero-order valence-electron chi connectivity index (χ0n) is 13.5. The van der Waals surface area contributed by atoms with E-state index in [2.05, 4.69) is 22.9 Å². The molecule has 1 aliphatic rings. The van der Waals surface area contributed by atoms with Gasteiger partial charge in [0.1, 0.15) is 12.7 Å². The molecule has 23 heavy (non-hydrogen) atoms. The van der Waals surface area contributed by atoms with Crippen molar-refractivity contribution in [2.24, 2.45) is 5.16 Å². The van der Waals surface area contributed by atoms with Gasteiger partial charge in [-0.05, 0) is 12.1 Å². The van der Waals surface area contributed by atoms with Gasteiger partial charge in [-0.25, -0.2) is 0 Å². The highest BCUT2D eigenvalue weighted by Crippen LogP contribution is 2.17. The van der Waals surface area contributed by atoms with E-state index in [0.717, 1.165) is 30.8 Å². The van der Waals surface area contributed by atoms with Crippen molar-refractivity contribution in [1.82, 2.24) is 4.90 Å². The molecule has 0 saturated carbocycles. The van der Waals surface area contributed by atoms with Crippen molar-refractivity contribution < 1.29 is 14.7 Å². The maximum atomic E-state index is 9.98. The molecule has 0 amide bonds. The van der Waals surface area contributed by atoms with Crippen LogP contribution in [-0.2, 0) is 9.57 Å². The molecule has 1 N–H and O–H groups in total. The first-order valence-electron chi connectivity index (χ1n) is 7.92. The minimum atomic E-state index is -0.556. The second-order valence-corrected chi connectivity index (χ2v) is 5.56. The van der Waals surface area contributed by atoms with Crippen LogP contribution in [-0.4, -0.2) is 60.8 Å². The smallest absolute Gasteiger partial charge is 0.145 e. The lowest BCUT2D eigenvalue weighted by Crippen LogP contribution is -2.39. The van der Waals surface area contributed by atoms with Gasteiger partial charge in [-0.1, -0.05) is 48.3 Å². The van der Waals surface area contributed by atoms with E-state index < -0.39 is 6.10 Å². The molecule has 0 saturated heterocycles. The number of oxime groups is 1. The number of ether oxygens (including phenoxy) is 1. The van der Waals surface area contributed by atoms with Crippen LogP contribution >= 0.6 is 0 Å². The van der Waals surface area contributed by atoms with Gasteiger partial charge in [0, 0.05) is 19.5 Å². The molecular formula is C18H24N2O3. The number of hydrogen-bond acceptors (Lipinski definition) is 5. The summed E-state index contributed by atoms with van der Waals surface area (Å²) >= 11 is 0. The molecule has 1 aromatic rings. The average Bonchev–Trinajstić information content (AvgIpc) is 3.04. The number of likely N-dealkylation sites (N-methyl/N-ethyl adjacent to an activating group) is 1. The topological polar surface area (TPSA) is 54.3 Å². The van der Waals surface area contributed by atoms with E-state index in [-0.39, 0.29) is 19.3 Å². The highest BCUT2D eigenvalue weighted by Gasteiger charge is 2.24. The molecule has 0 aromatic heterocycles. The quantitative estimate of drug-likeness (QED) is 0.554. The van der Waals surface area contributed by atoms with E-state index >= 15 is 0 Å². The average molecular weight is 316 g/mol. The van der Waals surface area contributed by atoms with Gasteiger partial charge in [0.15, 0.2) is 0 Å². The Morgan fingerprint density at radius 2 is 2.26 bits per heavy atom. The maximum Gasteiger partial charge on any atom is 0.145 e. The molecule has 0 bridgehead atoms. The number of terminal acetylenes is 1. The third-order valence-electron chi connectivity index (χ3n) is 3.71. The van der Waals surface area contributed by atoms with Gasteiger partial charge in [-0.2, -0.15) is 0 Å². The van der Waals surface area contributed by atoms with Gasteiger partial charge < -0.3 is 14.7 Å². The van der Waals surface area contributed by atoms with Crippen LogP contribution in [0.1, 0.15) is 18.9 Å². The molecule has 0 aliphatic carbocycles. The first-order chi connectivity index (χ1) is 11.2. The zero-order valence-corrected chi connectivity index (χ0v) is 13.5. The standard InChI is InChI=1S/C18H24N2O3/c1-3-10-22-14-16(21)12-20(4-2)13-17-11-18(19-23-17)15-8-6-5-7-9-15/h1,5-9,16-17,21H,4,10-14H2,2H3. The summed E-state index contributed by atoms with van der Waals surface area (Å²) in [6.07, 6.45) is 5.36. The molecular weight excluding hydrogens is 292 g/mol. The van der Waals surface area contributed by atoms with Crippen LogP contribution in [0, 0.1) is 12.3 Å². The lowest BCUT2D eigenvalue weighted by atomic mass is 10.0. The fourth-order valence-electron chi connectivity index (χ4n) is 2.55. The molecule has 0 spiro atoms. The summed E-state index contributed by atoms with van der Waals surface area (Å²) in [6, 6.07) is 10.1. The van der Waals surface area contributed by atoms with E-state index in [4.69, 9.17) is 16.0 Å². The van der Waals surface area contributed by atoms with Crippen molar-refractivity contribution in [2.45, 2.75) is 25.6 Å². The molecule has 5 nitrogen and oxygen atoms in total. The van der Waals surface area contributed by atoms with Crippen molar-refractivity contribution >= 4 is 5.71 Å². The Labute approximate surface area is 137 Å². The highest BCUT2D eigenvalue weighted by molar-refractivity contribution is 6.01. The Hall–Kier alpha value is -1.87. The second-order valence-electron chi connectivity index (χ2n) is 5.56. The number of aliphatic hydroxyl groups excluding tert-OH is 1. The number of aliphatic hydroxyl groups is 1. The van der Waals surface area contributed by atoms with Crippen molar-refractivity contribution in [3.8, 4) is 12.3 Å². The summed E-state index contributed by atoms with van der Waals surface area (Å²) in [5.41, 5.74) is 2.07. The molecule has 1 aliphatic heterocycles. The Morgan fingerprint density at radius 3 is 2.96 bits per heavy atom. The molecule has 0 fully saturated rings. The van der Waals surface area contributed by atoms with E-state index in [1.807, 2.05) is 30.3 Å². The zero-order chi connectivity index (χ0) is 16.5. The largest absolute Gasteiger partial charge is 0.390 e. The van der Waals surface area contributed by atoms with Gasteiger partial charge in [0.2, 0.25) is 0 Å². The van der Waals surface area contributed by atoms with Gasteiger partial charge in [-0.3, -0.25) is 4.90 Å². The van der Waals surface area contributed by atoms with Crippen molar-refractivity contribution in [2.75, 3.05) is 32.8 Å². The van der Waals surface area contributed by atoms with Crippen molar-refractivity contribution in [3.05, 3.63) is 35.9 Å². The Bertz CT molecular complexity index is 539. The van der Waals surface area contributed by atoms with Gasteiger partial charge in [-0.15, -0.1) is 6.42 Å². The van der Waals surface area contributed by atoms with E-state index in [9.17, 15) is 5.11 Å². The molecule has 2 atom stereocenters. The molecule has 0 radical (unpaired) electrons. The summed E-state index contributed by atoms with van der Waals surface area (Å²) in [6.45, 7) is 4.61. The summed E-state index contributed by atoms with van der Waals surface area (Å²) in [4.78, 5) is 7.68. The Balaban J connectivity index is 1.77. The highest BCUT2D eigenvalue weighted by atomic mass is 16.6. The van der Waals surface area contributed by atoms with E-state index in [1.165, 1.54) is 0 Å². The molecule has 2 unspecified atom stereocenters. The first-order valence-corrected chi connectivity index (χ1v) is 7.92. The summed E-state index contributed by atoms with van der Waals surface area (Å²) in [7, 11) is 0. The third-order valence-corrected chi connectivity index (χ3v) is 3.71.